The fraction of sp³-hybridized carbons (Fsp3) is 0.818. The van der Waals surface area contributed by atoms with Crippen molar-refractivity contribution >= 4 is 0 Å². The topological polar surface area (TPSA) is 101 Å². The molecule has 1 aliphatic carbocycles. The van der Waals surface area contributed by atoms with Crippen LogP contribution in [-0.4, -0.2) is 92.3 Å². The van der Waals surface area contributed by atoms with Gasteiger partial charge in [-0.3, -0.25) is 0 Å². The Balaban J connectivity index is 1.03. The standard InChI is InChI=1S/C22H34N2O7/c1-26-18-13-30-21-19(14-31-20(18)21)29-11-9-27-8-10-28-17-4-2-15(3-5-17)22-23-7-6-16(12-25)24-22/h6-7,15,17-21,25H,2-5,8-14H2,1H3/t15?,17?,18-,19-,20-,21-/m1/s1. The first-order chi connectivity index (χ1) is 15.3. The molecule has 0 unspecified atom stereocenters. The maximum absolute atomic E-state index is 9.24. The molecule has 9 nitrogen and oxygen atoms in total. The van der Waals surface area contributed by atoms with Gasteiger partial charge in [0.15, 0.2) is 0 Å². The summed E-state index contributed by atoms with van der Waals surface area (Å²) in [6.07, 6.45) is 5.87. The summed E-state index contributed by atoms with van der Waals surface area (Å²) in [6.45, 7) is 3.23. The quantitative estimate of drug-likeness (QED) is 0.511. The third kappa shape index (κ3) is 5.98. The molecule has 0 amide bonds. The van der Waals surface area contributed by atoms with Gasteiger partial charge >= 0.3 is 0 Å². The lowest BCUT2D eigenvalue weighted by Gasteiger charge is -2.27. The molecule has 174 valence electrons. The molecule has 2 aliphatic heterocycles. The van der Waals surface area contributed by atoms with E-state index in [2.05, 4.69) is 9.97 Å². The van der Waals surface area contributed by atoms with Crippen molar-refractivity contribution in [2.75, 3.05) is 46.8 Å². The molecule has 31 heavy (non-hydrogen) atoms. The van der Waals surface area contributed by atoms with Gasteiger partial charge in [-0.15, -0.1) is 0 Å². The first-order valence-electron chi connectivity index (χ1n) is 11.3. The molecule has 3 aliphatic rings. The van der Waals surface area contributed by atoms with Gasteiger partial charge in [-0.2, -0.15) is 0 Å². The summed E-state index contributed by atoms with van der Waals surface area (Å²) in [6, 6.07) is 1.75. The third-order valence-electron chi connectivity index (χ3n) is 6.34. The molecule has 2 saturated heterocycles. The Morgan fingerprint density at radius 1 is 0.968 bits per heavy atom. The van der Waals surface area contributed by atoms with Crippen LogP contribution in [0.5, 0.6) is 0 Å². The second-order valence-electron chi connectivity index (χ2n) is 8.30. The van der Waals surface area contributed by atoms with Gasteiger partial charge in [0.05, 0.1) is 58.0 Å². The van der Waals surface area contributed by atoms with Crippen LogP contribution in [-0.2, 0) is 35.0 Å². The van der Waals surface area contributed by atoms with Crippen LogP contribution in [0.3, 0.4) is 0 Å². The Bertz CT molecular complexity index is 671. The normalized spacial score (nSPS) is 33.0. The fourth-order valence-corrected chi connectivity index (χ4v) is 4.59. The minimum absolute atomic E-state index is 0.000275. The van der Waals surface area contributed by atoms with E-state index in [9.17, 15) is 5.11 Å². The number of ether oxygens (including phenoxy) is 6. The van der Waals surface area contributed by atoms with Gasteiger partial charge in [0.25, 0.3) is 0 Å². The highest BCUT2D eigenvalue weighted by Crippen LogP contribution is 2.32. The number of fused-ring (bicyclic) bond motifs is 1. The predicted molar refractivity (Wildman–Crippen MR) is 110 cm³/mol. The number of aliphatic hydroxyl groups excluding tert-OH is 1. The zero-order chi connectivity index (χ0) is 21.5. The van der Waals surface area contributed by atoms with Crippen LogP contribution in [0.2, 0.25) is 0 Å². The summed E-state index contributed by atoms with van der Waals surface area (Å²) in [5.74, 6) is 1.19. The average Bonchev–Trinajstić information content (AvgIpc) is 3.41. The molecule has 1 N–H and O–H groups in total. The molecule has 1 aromatic heterocycles. The molecule has 3 fully saturated rings. The second-order valence-corrected chi connectivity index (χ2v) is 8.30. The number of hydrogen-bond acceptors (Lipinski definition) is 9. The van der Waals surface area contributed by atoms with E-state index >= 15 is 0 Å². The fourth-order valence-electron chi connectivity index (χ4n) is 4.59. The zero-order valence-corrected chi connectivity index (χ0v) is 18.2. The number of aromatic nitrogens is 2. The molecule has 4 atom stereocenters. The highest BCUT2D eigenvalue weighted by molar-refractivity contribution is 5.06. The van der Waals surface area contributed by atoms with E-state index in [-0.39, 0.29) is 37.1 Å². The van der Waals surface area contributed by atoms with Crippen molar-refractivity contribution in [3.63, 3.8) is 0 Å². The van der Waals surface area contributed by atoms with Crippen molar-refractivity contribution in [2.24, 2.45) is 0 Å². The molecule has 1 saturated carbocycles. The van der Waals surface area contributed by atoms with Crippen molar-refractivity contribution in [3.8, 4) is 0 Å². The molecule has 3 heterocycles. The van der Waals surface area contributed by atoms with Crippen LogP contribution in [0, 0.1) is 0 Å². The summed E-state index contributed by atoms with van der Waals surface area (Å²) in [7, 11) is 1.68. The van der Waals surface area contributed by atoms with Crippen molar-refractivity contribution in [3.05, 3.63) is 23.8 Å². The molecular formula is C22H34N2O7. The summed E-state index contributed by atoms with van der Waals surface area (Å²) >= 11 is 0. The number of hydrogen-bond donors (Lipinski definition) is 1. The van der Waals surface area contributed by atoms with E-state index < -0.39 is 0 Å². The molecule has 0 radical (unpaired) electrons. The summed E-state index contributed by atoms with van der Waals surface area (Å²) in [5.41, 5.74) is 0.680. The molecule has 1 aromatic rings. The Morgan fingerprint density at radius 2 is 1.68 bits per heavy atom. The highest BCUT2D eigenvalue weighted by atomic mass is 16.6. The second kappa shape index (κ2) is 11.6. The summed E-state index contributed by atoms with van der Waals surface area (Å²) < 4.78 is 34.4. The highest BCUT2D eigenvalue weighted by Gasteiger charge is 2.48. The van der Waals surface area contributed by atoms with Crippen LogP contribution in [0.15, 0.2) is 12.3 Å². The lowest BCUT2D eigenvalue weighted by Crippen LogP contribution is -2.34. The van der Waals surface area contributed by atoms with Crippen LogP contribution in [0.4, 0.5) is 0 Å². The van der Waals surface area contributed by atoms with Crippen LogP contribution in [0.25, 0.3) is 0 Å². The molecule has 0 bridgehead atoms. The SMILES string of the molecule is CO[C@@H]1CO[C@H]2[C@@H]1OC[C@H]2OCCOCCOC1CCC(c2nccc(CO)n2)CC1. The number of aliphatic hydroxyl groups is 1. The first-order valence-corrected chi connectivity index (χ1v) is 11.3. The minimum Gasteiger partial charge on any atom is -0.390 e. The largest absolute Gasteiger partial charge is 0.390 e. The molecular weight excluding hydrogens is 404 g/mol. The maximum atomic E-state index is 9.24. The van der Waals surface area contributed by atoms with Gasteiger partial charge < -0.3 is 33.5 Å². The maximum Gasteiger partial charge on any atom is 0.131 e. The van der Waals surface area contributed by atoms with E-state index in [1.165, 1.54) is 0 Å². The third-order valence-corrected chi connectivity index (χ3v) is 6.34. The van der Waals surface area contributed by atoms with Gasteiger partial charge in [0.1, 0.15) is 30.2 Å². The van der Waals surface area contributed by atoms with Crippen molar-refractivity contribution < 1.29 is 33.5 Å². The Kier molecular flexibility index (Phi) is 8.60. The van der Waals surface area contributed by atoms with E-state index in [1.54, 1.807) is 19.4 Å². The lowest BCUT2D eigenvalue weighted by atomic mass is 9.87. The van der Waals surface area contributed by atoms with E-state index in [4.69, 9.17) is 28.4 Å². The minimum atomic E-state index is -0.0535. The van der Waals surface area contributed by atoms with Crippen molar-refractivity contribution in [1.82, 2.24) is 9.97 Å². The Morgan fingerprint density at radius 3 is 2.42 bits per heavy atom. The van der Waals surface area contributed by atoms with E-state index in [0.29, 0.717) is 51.3 Å². The van der Waals surface area contributed by atoms with Crippen molar-refractivity contribution in [2.45, 2.75) is 68.7 Å². The number of nitrogens with zero attached hydrogens (tertiary/aromatic N) is 2. The number of rotatable bonds is 11. The van der Waals surface area contributed by atoms with Gasteiger partial charge in [-0.25, -0.2) is 9.97 Å². The van der Waals surface area contributed by atoms with Gasteiger partial charge in [-0.1, -0.05) is 0 Å². The summed E-state index contributed by atoms with van der Waals surface area (Å²) in [4.78, 5) is 8.82. The Hall–Kier alpha value is -1.20. The van der Waals surface area contributed by atoms with Gasteiger partial charge in [0, 0.05) is 19.2 Å². The molecule has 0 spiro atoms. The van der Waals surface area contributed by atoms with Gasteiger partial charge in [0.2, 0.25) is 0 Å². The smallest absolute Gasteiger partial charge is 0.131 e. The van der Waals surface area contributed by atoms with Crippen LogP contribution < -0.4 is 0 Å². The Labute approximate surface area is 183 Å². The predicted octanol–water partition coefficient (Wildman–Crippen LogP) is 1.23. The zero-order valence-electron chi connectivity index (χ0n) is 18.2. The van der Waals surface area contributed by atoms with E-state index in [0.717, 1.165) is 31.5 Å². The monoisotopic (exact) mass is 438 g/mol. The van der Waals surface area contributed by atoms with Gasteiger partial charge in [-0.05, 0) is 31.7 Å². The van der Waals surface area contributed by atoms with Crippen LogP contribution in [0.1, 0.15) is 43.1 Å². The average molecular weight is 439 g/mol. The first kappa shape index (κ1) is 23.0. The van der Waals surface area contributed by atoms with Crippen LogP contribution >= 0.6 is 0 Å². The molecule has 0 aromatic carbocycles. The molecule has 4 rings (SSSR count). The lowest BCUT2D eigenvalue weighted by molar-refractivity contribution is -0.0639. The van der Waals surface area contributed by atoms with Crippen molar-refractivity contribution in [1.29, 1.82) is 0 Å². The van der Waals surface area contributed by atoms with E-state index in [1.807, 2.05) is 0 Å². The molecule has 9 heteroatoms. The summed E-state index contributed by atoms with van der Waals surface area (Å²) in [5, 5.41) is 9.24. The number of methoxy groups -OCH3 is 1.